The van der Waals surface area contributed by atoms with Crippen molar-refractivity contribution in [3.63, 3.8) is 0 Å². The molecule has 2 aliphatic heterocycles. The first-order chi connectivity index (χ1) is 13.2. The minimum Gasteiger partial charge on any atom is -0.365 e. The van der Waals surface area contributed by atoms with Crippen molar-refractivity contribution >= 4 is 11.8 Å². The molecule has 0 aliphatic carbocycles. The molecule has 0 unspecified atom stereocenters. The maximum absolute atomic E-state index is 12.6. The summed E-state index contributed by atoms with van der Waals surface area (Å²) in [6.45, 7) is 2.12. The summed E-state index contributed by atoms with van der Waals surface area (Å²) in [4.78, 5) is 36.3. The van der Waals surface area contributed by atoms with Gasteiger partial charge in [-0.2, -0.15) is 0 Å². The fourth-order valence-corrected chi connectivity index (χ4v) is 4.42. The first-order valence-corrected chi connectivity index (χ1v) is 9.76. The quantitative estimate of drug-likeness (QED) is 0.884. The number of rotatable bonds is 5. The normalized spacial score (nSPS) is 19.0. The number of amides is 2. The van der Waals surface area contributed by atoms with Crippen molar-refractivity contribution < 1.29 is 9.59 Å². The van der Waals surface area contributed by atoms with E-state index in [-0.39, 0.29) is 17.4 Å². The van der Waals surface area contributed by atoms with Crippen LogP contribution in [0.4, 0.5) is 0 Å². The van der Waals surface area contributed by atoms with Crippen molar-refractivity contribution in [1.29, 1.82) is 0 Å². The van der Waals surface area contributed by atoms with Crippen LogP contribution in [0.3, 0.4) is 0 Å². The molecule has 0 radical (unpaired) electrons. The fourth-order valence-electron chi connectivity index (χ4n) is 4.42. The highest BCUT2D eigenvalue weighted by atomic mass is 16.2. The van der Waals surface area contributed by atoms with Gasteiger partial charge in [0.2, 0.25) is 11.8 Å². The van der Waals surface area contributed by atoms with Crippen LogP contribution in [0.1, 0.15) is 43.4 Å². The van der Waals surface area contributed by atoms with Crippen LogP contribution < -0.4 is 0 Å². The molecule has 27 heavy (non-hydrogen) atoms. The zero-order chi connectivity index (χ0) is 18.7. The first-order valence-electron chi connectivity index (χ1n) is 9.76. The lowest BCUT2D eigenvalue weighted by atomic mass is 9.84. The Kier molecular flexibility index (Phi) is 4.97. The van der Waals surface area contributed by atoms with Gasteiger partial charge in [-0.05, 0) is 55.5 Å². The molecule has 2 aliphatic rings. The summed E-state index contributed by atoms with van der Waals surface area (Å²) < 4.78 is 0. The Balaban J connectivity index is 1.36. The number of H-pyrrole nitrogens is 1. The lowest BCUT2D eigenvalue weighted by Gasteiger charge is -2.45. The molecule has 2 aromatic rings. The third-order valence-corrected chi connectivity index (χ3v) is 6.09. The summed E-state index contributed by atoms with van der Waals surface area (Å²) in [6, 6.07) is 7.91. The van der Waals surface area contributed by atoms with Gasteiger partial charge in [-0.1, -0.05) is 0 Å². The second-order valence-electron chi connectivity index (χ2n) is 7.64. The van der Waals surface area contributed by atoms with Gasteiger partial charge in [0.25, 0.3) is 0 Å². The summed E-state index contributed by atoms with van der Waals surface area (Å²) in [5, 5.41) is 0. The van der Waals surface area contributed by atoms with E-state index in [4.69, 9.17) is 0 Å². The number of hydrogen-bond acceptors (Lipinski definition) is 3. The summed E-state index contributed by atoms with van der Waals surface area (Å²) in [5.74, 6) is 0.447. The number of pyridine rings is 1. The van der Waals surface area contributed by atoms with Crippen LogP contribution in [0, 0.1) is 0 Å². The highest BCUT2D eigenvalue weighted by molar-refractivity contribution is 5.80. The largest absolute Gasteiger partial charge is 0.365 e. The molecule has 2 aromatic heterocycles. The van der Waals surface area contributed by atoms with Gasteiger partial charge in [-0.3, -0.25) is 14.6 Å². The molecule has 0 atom stereocenters. The van der Waals surface area contributed by atoms with E-state index in [0.717, 1.165) is 50.0 Å². The lowest BCUT2D eigenvalue weighted by molar-refractivity contribution is -0.137. The number of carbonyl (C=O) groups is 2. The average molecular weight is 366 g/mol. The van der Waals surface area contributed by atoms with Crippen LogP contribution in [0.15, 0.2) is 42.9 Å². The average Bonchev–Trinajstić information content (AvgIpc) is 3.32. The molecule has 0 bridgehead atoms. The number of aromatic nitrogens is 2. The Morgan fingerprint density at radius 3 is 2.63 bits per heavy atom. The Hall–Kier alpha value is -2.63. The molecule has 4 rings (SSSR count). The Labute approximate surface area is 159 Å². The van der Waals surface area contributed by atoms with Gasteiger partial charge in [0, 0.05) is 62.3 Å². The van der Waals surface area contributed by atoms with Gasteiger partial charge >= 0.3 is 0 Å². The molecule has 2 saturated heterocycles. The zero-order valence-electron chi connectivity index (χ0n) is 15.6. The van der Waals surface area contributed by atoms with E-state index in [9.17, 15) is 9.59 Å². The SMILES string of the molecule is O=C(CCc1ccc[nH]1)N1CCC2(CCC(=O)N2Cc2ccncc2)CC1. The number of nitrogens with zero attached hydrogens (tertiary/aromatic N) is 3. The van der Waals surface area contributed by atoms with Crippen LogP contribution in [0.5, 0.6) is 0 Å². The maximum atomic E-state index is 12.6. The number of aromatic amines is 1. The van der Waals surface area contributed by atoms with Gasteiger partial charge in [0.15, 0.2) is 0 Å². The second-order valence-corrected chi connectivity index (χ2v) is 7.64. The summed E-state index contributed by atoms with van der Waals surface area (Å²) in [7, 11) is 0. The van der Waals surface area contributed by atoms with E-state index in [0.29, 0.717) is 19.4 Å². The Morgan fingerprint density at radius 1 is 1.15 bits per heavy atom. The predicted octanol–water partition coefficient (Wildman–Crippen LogP) is 2.53. The van der Waals surface area contributed by atoms with E-state index >= 15 is 0 Å². The minimum absolute atomic E-state index is 0.0867. The molecule has 2 fully saturated rings. The number of aryl methyl sites for hydroxylation is 1. The summed E-state index contributed by atoms with van der Waals surface area (Å²) in [6.07, 6.45) is 9.98. The molecule has 0 aromatic carbocycles. The van der Waals surface area contributed by atoms with Crippen molar-refractivity contribution in [2.45, 2.75) is 50.6 Å². The fraction of sp³-hybridized carbons (Fsp3) is 0.476. The minimum atomic E-state index is -0.0867. The highest BCUT2D eigenvalue weighted by Crippen LogP contribution is 2.40. The van der Waals surface area contributed by atoms with Crippen molar-refractivity contribution in [2.24, 2.45) is 0 Å². The number of nitrogens with one attached hydrogen (secondary N) is 1. The van der Waals surface area contributed by atoms with Crippen LogP contribution in [0.25, 0.3) is 0 Å². The van der Waals surface area contributed by atoms with Crippen molar-refractivity contribution in [3.8, 4) is 0 Å². The smallest absolute Gasteiger partial charge is 0.223 e. The van der Waals surface area contributed by atoms with Crippen LogP contribution >= 0.6 is 0 Å². The van der Waals surface area contributed by atoms with Gasteiger partial charge in [-0.15, -0.1) is 0 Å². The maximum Gasteiger partial charge on any atom is 0.223 e. The third kappa shape index (κ3) is 3.75. The predicted molar refractivity (Wildman–Crippen MR) is 102 cm³/mol. The summed E-state index contributed by atoms with van der Waals surface area (Å²) in [5.41, 5.74) is 2.13. The number of likely N-dealkylation sites (tertiary alicyclic amines) is 2. The molecule has 1 spiro atoms. The molecular weight excluding hydrogens is 340 g/mol. The van der Waals surface area contributed by atoms with E-state index in [1.54, 1.807) is 12.4 Å². The Morgan fingerprint density at radius 2 is 1.93 bits per heavy atom. The van der Waals surface area contributed by atoms with Gasteiger partial charge in [0.1, 0.15) is 0 Å². The molecule has 0 saturated carbocycles. The zero-order valence-corrected chi connectivity index (χ0v) is 15.6. The van der Waals surface area contributed by atoms with Gasteiger partial charge < -0.3 is 14.8 Å². The Bertz CT molecular complexity index is 780. The van der Waals surface area contributed by atoms with Gasteiger partial charge in [-0.25, -0.2) is 0 Å². The van der Waals surface area contributed by atoms with Crippen molar-refractivity contribution in [1.82, 2.24) is 19.8 Å². The third-order valence-electron chi connectivity index (χ3n) is 6.09. The lowest BCUT2D eigenvalue weighted by Crippen LogP contribution is -2.53. The van der Waals surface area contributed by atoms with E-state index in [1.165, 1.54) is 0 Å². The van der Waals surface area contributed by atoms with Crippen molar-refractivity contribution in [3.05, 3.63) is 54.1 Å². The number of piperidine rings is 1. The molecule has 2 amide bonds. The standard InChI is InChI=1S/C21H26N4O2/c26-19(4-3-18-2-1-11-23-18)24-14-9-21(10-15-24)8-5-20(27)25(21)16-17-6-12-22-13-7-17/h1-2,6-7,11-13,23H,3-5,8-10,14-16H2. The molecule has 142 valence electrons. The number of carbonyl (C=O) groups excluding carboxylic acids is 2. The molecule has 6 heteroatoms. The number of hydrogen-bond donors (Lipinski definition) is 1. The highest BCUT2D eigenvalue weighted by Gasteiger charge is 2.47. The first kappa shape index (κ1) is 17.8. The van der Waals surface area contributed by atoms with Crippen molar-refractivity contribution in [2.75, 3.05) is 13.1 Å². The van der Waals surface area contributed by atoms with Crippen LogP contribution in [0.2, 0.25) is 0 Å². The van der Waals surface area contributed by atoms with E-state index in [2.05, 4.69) is 14.9 Å². The molecule has 6 nitrogen and oxygen atoms in total. The molecule has 1 N–H and O–H groups in total. The van der Waals surface area contributed by atoms with E-state index in [1.807, 2.05) is 35.4 Å². The molecular formula is C21H26N4O2. The monoisotopic (exact) mass is 366 g/mol. The van der Waals surface area contributed by atoms with E-state index < -0.39 is 0 Å². The van der Waals surface area contributed by atoms with Crippen LogP contribution in [-0.4, -0.2) is 50.2 Å². The summed E-state index contributed by atoms with van der Waals surface area (Å²) >= 11 is 0. The topological polar surface area (TPSA) is 69.3 Å². The van der Waals surface area contributed by atoms with Gasteiger partial charge in [0.05, 0.1) is 0 Å². The van der Waals surface area contributed by atoms with Crippen LogP contribution in [-0.2, 0) is 22.6 Å². The second kappa shape index (κ2) is 7.55. The molecule has 4 heterocycles.